The highest BCUT2D eigenvalue weighted by Gasteiger charge is 2.32. The molecule has 0 radical (unpaired) electrons. The molecule has 0 saturated carbocycles. The largest absolute Gasteiger partial charge is 0.250 e. The first-order valence-electron chi connectivity index (χ1n) is 5.28. The van der Waals surface area contributed by atoms with E-state index >= 15 is 0 Å². The maximum absolute atomic E-state index is 13.1. The minimum Gasteiger partial charge on any atom is -0.207 e. The molecule has 0 heterocycles. The number of alkyl halides is 2. The third-order valence-corrected chi connectivity index (χ3v) is 2.75. The van der Waals surface area contributed by atoms with Crippen molar-refractivity contribution in [2.75, 3.05) is 0 Å². The summed E-state index contributed by atoms with van der Waals surface area (Å²) >= 11 is 0. The van der Waals surface area contributed by atoms with E-state index in [1.807, 2.05) is 0 Å². The summed E-state index contributed by atoms with van der Waals surface area (Å²) in [5.74, 6) is -2.40. The average Bonchev–Trinajstić information content (AvgIpc) is 2.03. The van der Waals surface area contributed by atoms with Gasteiger partial charge >= 0.3 is 0 Å². The lowest BCUT2D eigenvalue weighted by Gasteiger charge is -2.20. The highest BCUT2D eigenvalue weighted by molar-refractivity contribution is 4.70. The quantitative estimate of drug-likeness (QED) is 0.581. The smallest absolute Gasteiger partial charge is 0.207 e. The number of rotatable bonds is 6. The van der Waals surface area contributed by atoms with Crippen molar-refractivity contribution >= 4 is 0 Å². The Kier molecular flexibility index (Phi) is 5.50. The Labute approximate surface area is 80.7 Å². The van der Waals surface area contributed by atoms with E-state index < -0.39 is 11.8 Å². The van der Waals surface area contributed by atoms with Crippen molar-refractivity contribution in [1.82, 2.24) is 0 Å². The van der Waals surface area contributed by atoms with Crippen LogP contribution in [0.3, 0.4) is 0 Å². The average molecular weight is 192 g/mol. The van der Waals surface area contributed by atoms with Crippen LogP contribution in [0.1, 0.15) is 53.4 Å². The topological polar surface area (TPSA) is 0 Å². The first kappa shape index (κ1) is 12.9. The van der Waals surface area contributed by atoms with Crippen molar-refractivity contribution in [1.29, 1.82) is 0 Å². The molecule has 13 heavy (non-hydrogen) atoms. The standard InChI is InChI=1S/C11H22F2/c1-5-10(4)7-6-8-11(12,13)9(2)3/h9-10H,5-8H2,1-4H3. The summed E-state index contributed by atoms with van der Waals surface area (Å²) in [6.07, 6.45) is 2.72. The summed E-state index contributed by atoms with van der Waals surface area (Å²) in [4.78, 5) is 0. The second-order valence-corrected chi connectivity index (χ2v) is 4.32. The van der Waals surface area contributed by atoms with Crippen molar-refractivity contribution in [2.24, 2.45) is 11.8 Å². The minimum atomic E-state index is -2.46. The van der Waals surface area contributed by atoms with E-state index in [0.29, 0.717) is 12.3 Å². The molecule has 2 heteroatoms. The lowest BCUT2D eigenvalue weighted by Crippen LogP contribution is -2.23. The van der Waals surface area contributed by atoms with Crippen LogP contribution in [0.15, 0.2) is 0 Å². The highest BCUT2D eigenvalue weighted by atomic mass is 19.3. The molecule has 0 aliphatic rings. The van der Waals surface area contributed by atoms with Gasteiger partial charge in [0.15, 0.2) is 0 Å². The molecule has 0 saturated heterocycles. The molecule has 0 bridgehead atoms. The zero-order valence-corrected chi connectivity index (χ0v) is 9.24. The summed E-state index contributed by atoms with van der Waals surface area (Å²) in [6.45, 7) is 7.39. The second-order valence-electron chi connectivity index (χ2n) is 4.32. The van der Waals surface area contributed by atoms with E-state index in [0.717, 1.165) is 12.8 Å². The maximum atomic E-state index is 13.1. The Morgan fingerprint density at radius 2 is 1.69 bits per heavy atom. The van der Waals surface area contributed by atoms with Crippen molar-refractivity contribution in [3.05, 3.63) is 0 Å². The predicted molar refractivity (Wildman–Crippen MR) is 53.1 cm³/mol. The molecule has 0 aromatic heterocycles. The lowest BCUT2D eigenvalue weighted by atomic mass is 9.96. The molecule has 80 valence electrons. The number of hydrogen-bond acceptors (Lipinski definition) is 0. The van der Waals surface area contributed by atoms with Crippen molar-refractivity contribution in [3.63, 3.8) is 0 Å². The van der Waals surface area contributed by atoms with Gasteiger partial charge in [0.25, 0.3) is 0 Å². The van der Waals surface area contributed by atoms with Gasteiger partial charge in [-0.2, -0.15) is 0 Å². The van der Waals surface area contributed by atoms with Crippen LogP contribution >= 0.6 is 0 Å². The molecule has 0 aromatic carbocycles. The highest BCUT2D eigenvalue weighted by Crippen LogP contribution is 2.30. The van der Waals surface area contributed by atoms with Gasteiger partial charge in [-0.25, -0.2) is 8.78 Å². The van der Waals surface area contributed by atoms with E-state index in [-0.39, 0.29) is 6.42 Å². The van der Waals surface area contributed by atoms with Gasteiger partial charge in [-0.3, -0.25) is 0 Å². The van der Waals surface area contributed by atoms with Gasteiger partial charge in [0.1, 0.15) is 0 Å². The van der Waals surface area contributed by atoms with Crippen LogP contribution in [0.25, 0.3) is 0 Å². The van der Waals surface area contributed by atoms with Crippen LogP contribution < -0.4 is 0 Å². The SMILES string of the molecule is CCC(C)CCCC(F)(F)C(C)C. The Bertz CT molecular complexity index is 130. The molecule has 0 aromatic rings. The Morgan fingerprint density at radius 3 is 2.08 bits per heavy atom. The third kappa shape index (κ3) is 5.22. The van der Waals surface area contributed by atoms with Crippen LogP contribution in [0.2, 0.25) is 0 Å². The van der Waals surface area contributed by atoms with E-state index in [1.165, 1.54) is 0 Å². The molecular formula is C11H22F2. The first-order chi connectivity index (χ1) is 5.90. The molecule has 0 spiro atoms. The molecule has 0 amide bonds. The van der Waals surface area contributed by atoms with Gasteiger partial charge in [-0.05, 0) is 12.3 Å². The maximum Gasteiger partial charge on any atom is 0.250 e. The normalized spacial score (nSPS) is 15.0. The summed E-state index contributed by atoms with van der Waals surface area (Å²) < 4.78 is 26.2. The molecule has 1 atom stereocenters. The summed E-state index contributed by atoms with van der Waals surface area (Å²) in [7, 11) is 0. The predicted octanol–water partition coefficient (Wildman–Crippen LogP) is 4.49. The Balaban J connectivity index is 3.63. The third-order valence-electron chi connectivity index (χ3n) is 2.75. The zero-order chi connectivity index (χ0) is 10.5. The first-order valence-corrected chi connectivity index (χ1v) is 5.28. The molecular weight excluding hydrogens is 170 g/mol. The van der Waals surface area contributed by atoms with Crippen LogP contribution in [0.4, 0.5) is 8.78 Å². The summed E-state index contributed by atoms with van der Waals surface area (Å²) in [6, 6.07) is 0. The summed E-state index contributed by atoms with van der Waals surface area (Å²) in [5.41, 5.74) is 0. The molecule has 0 aliphatic heterocycles. The number of halogens is 2. The van der Waals surface area contributed by atoms with Gasteiger partial charge in [0, 0.05) is 12.3 Å². The lowest BCUT2D eigenvalue weighted by molar-refractivity contribution is -0.0546. The molecule has 0 N–H and O–H groups in total. The van der Waals surface area contributed by atoms with Crippen LogP contribution in [0, 0.1) is 11.8 Å². The molecule has 1 unspecified atom stereocenters. The number of hydrogen-bond donors (Lipinski definition) is 0. The molecule has 0 fully saturated rings. The fourth-order valence-electron chi connectivity index (χ4n) is 1.18. The van der Waals surface area contributed by atoms with Gasteiger partial charge < -0.3 is 0 Å². The van der Waals surface area contributed by atoms with Crippen LogP contribution in [0.5, 0.6) is 0 Å². The van der Waals surface area contributed by atoms with Gasteiger partial charge in [0.05, 0.1) is 0 Å². The van der Waals surface area contributed by atoms with Gasteiger partial charge in [-0.15, -0.1) is 0 Å². The van der Waals surface area contributed by atoms with E-state index in [4.69, 9.17) is 0 Å². The monoisotopic (exact) mass is 192 g/mol. The zero-order valence-electron chi connectivity index (χ0n) is 9.24. The van der Waals surface area contributed by atoms with Gasteiger partial charge in [-0.1, -0.05) is 40.5 Å². The van der Waals surface area contributed by atoms with E-state index in [1.54, 1.807) is 13.8 Å². The molecule has 0 rings (SSSR count). The fourth-order valence-corrected chi connectivity index (χ4v) is 1.18. The minimum absolute atomic E-state index is 0.0506. The fraction of sp³-hybridized carbons (Fsp3) is 1.00. The van der Waals surface area contributed by atoms with Crippen LogP contribution in [-0.2, 0) is 0 Å². The summed E-state index contributed by atoms with van der Waals surface area (Å²) in [5, 5.41) is 0. The molecule has 0 aliphatic carbocycles. The Morgan fingerprint density at radius 1 is 1.15 bits per heavy atom. The van der Waals surface area contributed by atoms with Crippen LogP contribution in [-0.4, -0.2) is 5.92 Å². The van der Waals surface area contributed by atoms with Crippen molar-refractivity contribution in [2.45, 2.75) is 59.3 Å². The van der Waals surface area contributed by atoms with Crippen molar-refractivity contribution in [3.8, 4) is 0 Å². The van der Waals surface area contributed by atoms with Gasteiger partial charge in [0.2, 0.25) is 5.92 Å². The van der Waals surface area contributed by atoms with E-state index in [9.17, 15) is 8.78 Å². The van der Waals surface area contributed by atoms with Crippen molar-refractivity contribution < 1.29 is 8.78 Å². The molecule has 0 nitrogen and oxygen atoms in total. The van der Waals surface area contributed by atoms with E-state index in [2.05, 4.69) is 13.8 Å². The second kappa shape index (κ2) is 5.56. The Hall–Kier alpha value is -0.140.